The van der Waals surface area contributed by atoms with Gasteiger partial charge in [-0.05, 0) is 55.9 Å². The van der Waals surface area contributed by atoms with Crippen LogP contribution < -0.4 is 25.6 Å². The number of hydrogen-bond donors (Lipinski definition) is 3. The summed E-state index contributed by atoms with van der Waals surface area (Å²) < 4.78 is 10.7. The Kier molecular flexibility index (Phi) is 4.57. The quantitative estimate of drug-likeness (QED) is 0.585. The zero-order chi connectivity index (χ0) is 17.1. The van der Waals surface area contributed by atoms with Crippen molar-refractivity contribution in [1.29, 1.82) is 0 Å². The van der Waals surface area contributed by atoms with E-state index >= 15 is 0 Å². The van der Waals surface area contributed by atoms with Gasteiger partial charge in [0.1, 0.15) is 0 Å². The summed E-state index contributed by atoms with van der Waals surface area (Å²) >= 11 is 5.31. The molecular weight excluding hydrogens is 322 g/mol. The predicted octanol–water partition coefficient (Wildman–Crippen LogP) is 3.49. The van der Waals surface area contributed by atoms with Crippen molar-refractivity contribution in [1.82, 2.24) is 10.9 Å². The normalized spacial score (nSPS) is 11.8. The van der Waals surface area contributed by atoms with Crippen molar-refractivity contribution in [3.8, 4) is 11.5 Å². The van der Waals surface area contributed by atoms with E-state index in [-0.39, 0.29) is 6.79 Å². The molecular formula is C18H19N3O2S. The first-order chi connectivity index (χ1) is 11.5. The number of fused-ring (bicyclic) bond motifs is 1. The van der Waals surface area contributed by atoms with E-state index in [0.29, 0.717) is 16.6 Å². The van der Waals surface area contributed by atoms with Crippen molar-refractivity contribution in [2.75, 3.05) is 12.1 Å². The molecule has 0 saturated heterocycles. The second-order valence-electron chi connectivity index (χ2n) is 5.57. The van der Waals surface area contributed by atoms with E-state index in [9.17, 15) is 0 Å². The standard InChI is InChI=1S/C18H19N3O2S/c1-11-4-6-15(12(2)8-11)19-18(24)21-20-13(3)14-5-7-16-17(9-14)23-10-22-16/h4-9,20H,3,10H2,1-2H3,(H2,19,21,24). The molecule has 0 radical (unpaired) electrons. The molecule has 0 bridgehead atoms. The number of hydrazine groups is 1. The van der Waals surface area contributed by atoms with Gasteiger partial charge in [-0.3, -0.25) is 10.9 Å². The van der Waals surface area contributed by atoms with Gasteiger partial charge in [0.2, 0.25) is 6.79 Å². The summed E-state index contributed by atoms with van der Waals surface area (Å²) in [5, 5.41) is 3.62. The monoisotopic (exact) mass is 341 g/mol. The van der Waals surface area contributed by atoms with Crippen molar-refractivity contribution in [2.45, 2.75) is 13.8 Å². The fourth-order valence-electron chi connectivity index (χ4n) is 2.40. The van der Waals surface area contributed by atoms with Crippen LogP contribution in [0.1, 0.15) is 16.7 Å². The van der Waals surface area contributed by atoms with E-state index in [0.717, 1.165) is 22.6 Å². The summed E-state index contributed by atoms with van der Waals surface area (Å²) in [5.74, 6) is 1.46. The van der Waals surface area contributed by atoms with Crippen LogP contribution in [0.4, 0.5) is 5.69 Å². The molecule has 5 nitrogen and oxygen atoms in total. The first-order valence-electron chi connectivity index (χ1n) is 7.52. The summed E-state index contributed by atoms with van der Waals surface area (Å²) in [6.45, 7) is 8.35. The van der Waals surface area contributed by atoms with Crippen LogP contribution in [0, 0.1) is 13.8 Å². The number of ether oxygens (including phenoxy) is 2. The summed E-state index contributed by atoms with van der Waals surface area (Å²) in [6, 6.07) is 11.8. The fraction of sp³-hybridized carbons (Fsp3) is 0.167. The van der Waals surface area contributed by atoms with Gasteiger partial charge < -0.3 is 14.8 Å². The number of thiocarbonyl (C=S) groups is 1. The van der Waals surface area contributed by atoms with E-state index in [4.69, 9.17) is 21.7 Å². The molecule has 0 saturated carbocycles. The van der Waals surface area contributed by atoms with Crippen LogP contribution in [-0.2, 0) is 0 Å². The highest BCUT2D eigenvalue weighted by Gasteiger charge is 2.14. The van der Waals surface area contributed by atoms with Crippen molar-refractivity contribution < 1.29 is 9.47 Å². The molecule has 0 aromatic heterocycles. The van der Waals surface area contributed by atoms with Crippen LogP contribution >= 0.6 is 12.2 Å². The van der Waals surface area contributed by atoms with Gasteiger partial charge in [-0.2, -0.15) is 0 Å². The summed E-state index contributed by atoms with van der Waals surface area (Å²) in [4.78, 5) is 0. The van der Waals surface area contributed by atoms with Gasteiger partial charge in [-0.1, -0.05) is 24.3 Å². The first kappa shape index (κ1) is 16.1. The molecule has 0 spiro atoms. The number of hydrogen-bond acceptors (Lipinski definition) is 4. The Balaban J connectivity index is 1.57. The molecule has 124 valence electrons. The van der Waals surface area contributed by atoms with Gasteiger partial charge in [-0.15, -0.1) is 0 Å². The Bertz CT molecular complexity index is 805. The lowest BCUT2D eigenvalue weighted by atomic mass is 10.1. The van der Waals surface area contributed by atoms with Crippen LogP contribution in [0.25, 0.3) is 5.70 Å². The lowest BCUT2D eigenvalue weighted by molar-refractivity contribution is 0.174. The molecule has 0 fully saturated rings. The summed E-state index contributed by atoms with van der Waals surface area (Å²) in [6.07, 6.45) is 0. The zero-order valence-corrected chi connectivity index (χ0v) is 14.4. The number of aryl methyl sites for hydroxylation is 2. The second-order valence-corrected chi connectivity index (χ2v) is 5.98. The van der Waals surface area contributed by atoms with Crippen LogP contribution in [0.15, 0.2) is 43.0 Å². The minimum Gasteiger partial charge on any atom is -0.454 e. The lowest BCUT2D eigenvalue weighted by Gasteiger charge is -2.16. The maximum atomic E-state index is 5.37. The maximum Gasteiger partial charge on any atom is 0.231 e. The van der Waals surface area contributed by atoms with Gasteiger partial charge in [0.05, 0.1) is 5.70 Å². The molecule has 24 heavy (non-hydrogen) atoms. The number of rotatable bonds is 4. The Morgan fingerprint density at radius 3 is 2.62 bits per heavy atom. The molecule has 2 aromatic carbocycles. The third kappa shape index (κ3) is 3.60. The molecule has 1 aliphatic rings. The molecule has 3 N–H and O–H groups in total. The van der Waals surface area contributed by atoms with E-state index in [1.54, 1.807) is 0 Å². The average Bonchev–Trinajstić information content (AvgIpc) is 3.03. The highest BCUT2D eigenvalue weighted by molar-refractivity contribution is 7.80. The summed E-state index contributed by atoms with van der Waals surface area (Å²) in [7, 11) is 0. The molecule has 1 aliphatic heterocycles. The van der Waals surface area contributed by atoms with Gasteiger partial charge in [0.15, 0.2) is 16.6 Å². The Morgan fingerprint density at radius 2 is 1.83 bits per heavy atom. The zero-order valence-electron chi connectivity index (χ0n) is 13.6. The molecule has 6 heteroatoms. The van der Waals surface area contributed by atoms with Crippen LogP contribution in [0.3, 0.4) is 0 Å². The number of benzene rings is 2. The fourth-order valence-corrected chi connectivity index (χ4v) is 2.56. The van der Waals surface area contributed by atoms with E-state index in [1.807, 2.05) is 37.3 Å². The van der Waals surface area contributed by atoms with Crippen LogP contribution in [-0.4, -0.2) is 11.9 Å². The molecule has 0 unspecified atom stereocenters. The van der Waals surface area contributed by atoms with Crippen LogP contribution in [0.5, 0.6) is 11.5 Å². The van der Waals surface area contributed by atoms with E-state index < -0.39 is 0 Å². The molecule has 3 rings (SSSR count). The largest absolute Gasteiger partial charge is 0.454 e. The smallest absolute Gasteiger partial charge is 0.231 e. The highest BCUT2D eigenvalue weighted by Crippen LogP contribution is 2.33. The lowest BCUT2D eigenvalue weighted by Crippen LogP contribution is -2.38. The SMILES string of the molecule is C=C(NNC(=S)Nc1ccc(C)cc1C)c1ccc2c(c1)OCO2. The first-order valence-corrected chi connectivity index (χ1v) is 7.93. The number of nitrogens with one attached hydrogen (secondary N) is 3. The Hall–Kier alpha value is -2.73. The maximum absolute atomic E-state index is 5.37. The van der Waals surface area contributed by atoms with Gasteiger partial charge in [0, 0.05) is 11.3 Å². The van der Waals surface area contributed by atoms with Gasteiger partial charge in [0.25, 0.3) is 0 Å². The number of anilines is 1. The van der Waals surface area contributed by atoms with Crippen molar-refractivity contribution >= 4 is 28.7 Å². The van der Waals surface area contributed by atoms with E-state index in [2.05, 4.69) is 35.7 Å². The summed E-state index contributed by atoms with van der Waals surface area (Å²) in [5.41, 5.74) is 10.8. The highest BCUT2D eigenvalue weighted by atomic mass is 32.1. The third-order valence-electron chi connectivity index (χ3n) is 3.68. The van der Waals surface area contributed by atoms with Crippen molar-refractivity contribution in [3.05, 3.63) is 59.7 Å². The minimum absolute atomic E-state index is 0.251. The second kappa shape index (κ2) is 6.80. The minimum atomic E-state index is 0.251. The van der Waals surface area contributed by atoms with Crippen LogP contribution in [0.2, 0.25) is 0 Å². The van der Waals surface area contributed by atoms with Gasteiger partial charge in [-0.25, -0.2) is 0 Å². The molecule has 0 amide bonds. The predicted molar refractivity (Wildman–Crippen MR) is 100 cm³/mol. The molecule has 1 heterocycles. The average molecular weight is 341 g/mol. The van der Waals surface area contributed by atoms with Gasteiger partial charge >= 0.3 is 0 Å². The topological polar surface area (TPSA) is 54.5 Å². The molecule has 0 aliphatic carbocycles. The van der Waals surface area contributed by atoms with Crippen molar-refractivity contribution in [3.63, 3.8) is 0 Å². The Labute approximate surface area is 146 Å². The molecule has 0 atom stereocenters. The third-order valence-corrected chi connectivity index (χ3v) is 3.88. The van der Waals surface area contributed by atoms with Crippen molar-refractivity contribution in [2.24, 2.45) is 0 Å². The Morgan fingerprint density at radius 1 is 1.04 bits per heavy atom. The van der Waals surface area contributed by atoms with E-state index in [1.165, 1.54) is 5.56 Å². The molecule has 2 aromatic rings.